The summed E-state index contributed by atoms with van der Waals surface area (Å²) in [6, 6.07) is 0.322. The van der Waals surface area contributed by atoms with E-state index in [1.165, 1.54) is 6.42 Å². The summed E-state index contributed by atoms with van der Waals surface area (Å²) in [5.41, 5.74) is 1.07. The van der Waals surface area contributed by atoms with E-state index in [-0.39, 0.29) is 11.7 Å². The lowest BCUT2D eigenvalue weighted by Crippen LogP contribution is -2.35. The van der Waals surface area contributed by atoms with Crippen molar-refractivity contribution in [3.8, 4) is 0 Å². The van der Waals surface area contributed by atoms with Gasteiger partial charge in [-0.15, -0.1) is 0 Å². The molecule has 1 aliphatic heterocycles. The lowest BCUT2D eigenvalue weighted by Gasteiger charge is -2.26. The molecule has 1 aromatic heterocycles. The van der Waals surface area contributed by atoms with Gasteiger partial charge in [-0.05, 0) is 40.0 Å². The van der Waals surface area contributed by atoms with Crippen molar-refractivity contribution in [2.75, 3.05) is 0 Å². The first-order valence-electron chi connectivity index (χ1n) is 7.15. The maximum atomic E-state index is 12.3. The molecule has 2 heterocycles. The van der Waals surface area contributed by atoms with Crippen LogP contribution in [0.25, 0.3) is 0 Å². The van der Waals surface area contributed by atoms with Gasteiger partial charge in [0.05, 0.1) is 30.4 Å². The molecule has 0 saturated heterocycles. The van der Waals surface area contributed by atoms with Crippen LogP contribution in [0.5, 0.6) is 0 Å². The van der Waals surface area contributed by atoms with Crippen LogP contribution in [0.2, 0.25) is 0 Å². The molecule has 0 atom stereocenters. The van der Waals surface area contributed by atoms with Crippen LogP contribution in [0.4, 0.5) is 4.79 Å². The average molecular weight is 279 g/mol. The standard InChI is InChI=1S/C14H21N3O3/c1-14(2,3)20-13(19)16-7-10-11(8-16)15-17(12(10)18)9-5-4-6-9/h9,15H,4-8H2,1-3H3. The largest absolute Gasteiger partial charge is 0.444 e. The van der Waals surface area contributed by atoms with Crippen molar-refractivity contribution in [2.24, 2.45) is 0 Å². The maximum Gasteiger partial charge on any atom is 0.410 e. The molecule has 1 N–H and O–H groups in total. The van der Waals surface area contributed by atoms with Gasteiger partial charge in [0, 0.05) is 0 Å². The Morgan fingerprint density at radius 3 is 2.50 bits per heavy atom. The molecule has 1 aromatic rings. The third-order valence-electron chi connectivity index (χ3n) is 3.89. The summed E-state index contributed by atoms with van der Waals surface area (Å²) in [5, 5.41) is 3.17. The minimum Gasteiger partial charge on any atom is -0.444 e. The Morgan fingerprint density at radius 2 is 2.00 bits per heavy atom. The van der Waals surface area contributed by atoms with Gasteiger partial charge in [0.2, 0.25) is 0 Å². The molecule has 3 rings (SSSR count). The quantitative estimate of drug-likeness (QED) is 0.856. The van der Waals surface area contributed by atoms with Crippen LogP contribution in [0.1, 0.15) is 57.3 Å². The van der Waals surface area contributed by atoms with E-state index >= 15 is 0 Å². The number of nitrogens with zero attached hydrogens (tertiary/aromatic N) is 2. The summed E-state index contributed by atoms with van der Waals surface area (Å²) >= 11 is 0. The van der Waals surface area contributed by atoms with Gasteiger partial charge in [-0.1, -0.05) is 0 Å². The SMILES string of the molecule is CC(C)(C)OC(=O)N1Cc2[nH]n(C3CCC3)c(=O)c2C1. The lowest BCUT2D eigenvalue weighted by atomic mass is 9.93. The summed E-state index contributed by atoms with van der Waals surface area (Å²) in [4.78, 5) is 25.9. The molecule has 0 radical (unpaired) electrons. The number of hydrogen-bond acceptors (Lipinski definition) is 3. The second-order valence-electron chi connectivity index (χ2n) is 6.67. The van der Waals surface area contributed by atoms with E-state index in [2.05, 4.69) is 5.10 Å². The van der Waals surface area contributed by atoms with Crippen molar-refractivity contribution in [3.05, 3.63) is 21.6 Å². The molecule has 1 aliphatic carbocycles. The van der Waals surface area contributed by atoms with E-state index in [9.17, 15) is 9.59 Å². The molecule has 1 amide bonds. The first-order valence-corrected chi connectivity index (χ1v) is 7.15. The number of amides is 1. The number of carbonyl (C=O) groups is 1. The molecule has 1 saturated carbocycles. The molecular formula is C14H21N3O3. The number of hydrogen-bond donors (Lipinski definition) is 1. The first-order chi connectivity index (χ1) is 9.35. The summed E-state index contributed by atoms with van der Waals surface area (Å²) in [6.45, 7) is 6.29. The van der Waals surface area contributed by atoms with E-state index in [4.69, 9.17) is 4.74 Å². The van der Waals surface area contributed by atoms with Crippen molar-refractivity contribution in [3.63, 3.8) is 0 Å². The highest BCUT2D eigenvalue weighted by atomic mass is 16.6. The molecule has 0 bridgehead atoms. The van der Waals surface area contributed by atoms with Crippen LogP contribution in [-0.2, 0) is 17.8 Å². The van der Waals surface area contributed by atoms with Crippen LogP contribution in [0.15, 0.2) is 4.79 Å². The third-order valence-corrected chi connectivity index (χ3v) is 3.89. The highest BCUT2D eigenvalue weighted by Crippen LogP contribution is 2.31. The molecule has 0 aromatic carbocycles. The molecule has 20 heavy (non-hydrogen) atoms. The monoisotopic (exact) mass is 279 g/mol. The Morgan fingerprint density at radius 1 is 1.30 bits per heavy atom. The van der Waals surface area contributed by atoms with Gasteiger partial charge < -0.3 is 4.74 Å². The number of aromatic nitrogens is 2. The van der Waals surface area contributed by atoms with Crippen LogP contribution < -0.4 is 5.56 Å². The van der Waals surface area contributed by atoms with Gasteiger partial charge in [-0.2, -0.15) is 0 Å². The summed E-state index contributed by atoms with van der Waals surface area (Å²) in [7, 11) is 0. The highest BCUT2D eigenvalue weighted by molar-refractivity contribution is 5.69. The van der Waals surface area contributed by atoms with Gasteiger partial charge in [-0.25, -0.2) is 9.48 Å². The number of aromatic amines is 1. The second kappa shape index (κ2) is 4.40. The van der Waals surface area contributed by atoms with Crippen molar-refractivity contribution in [1.82, 2.24) is 14.7 Å². The van der Waals surface area contributed by atoms with Crippen molar-refractivity contribution >= 4 is 6.09 Å². The van der Waals surface area contributed by atoms with E-state index in [1.54, 1.807) is 9.58 Å². The Kier molecular flexibility index (Phi) is 2.92. The summed E-state index contributed by atoms with van der Waals surface area (Å²) < 4.78 is 7.07. The Bertz CT molecular complexity index is 590. The fraction of sp³-hybridized carbons (Fsp3) is 0.714. The van der Waals surface area contributed by atoms with Crippen LogP contribution >= 0.6 is 0 Å². The van der Waals surface area contributed by atoms with E-state index < -0.39 is 5.60 Å². The zero-order valence-electron chi connectivity index (χ0n) is 12.2. The van der Waals surface area contributed by atoms with Crippen molar-refractivity contribution in [1.29, 1.82) is 0 Å². The van der Waals surface area contributed by atoms with E-state index in [0.717, 1.165) is 18.5 Å². The topological polar surface area (TPSA) is 67.3 Å². The van der Waals surface area contributed by atoms with Gasteiger partial charge >= 0.3 is 6.09 Å². The van der Waals surface area contributed by atoms with Crippen LogP contribution in [-0.4, -0.2) is 26.4 Å². The number of rotatable bonds is 1. The second-order valence-corrected chi connectivity index (χ2v) is 6.67. The molecule has 0 unspecified atom stereocenters. The fourth-order valence-corrected chi connectivity index (χ4v) is 2.63. The normalized spacial score (nSPS) is 18.9. The predicted octanol–water partition coefficient (Wildman–Crippen LogP) is 2.15. The fourth-order valence-electron chi connectivity index (χ4n) is 2.63. The molecule has 0 spiro atoms. The van der Waals surface area contributed by atoms with Crippen LogP contribution in [0, 0.1) is 0 Å². The average Bonchev–Trinajstić information content (AvgIpc) is 2.76. The van der Waals surface area contributed by atoms with Crippen LogP contribution in [0.3, 0.4) is 0 Å². The molecule has 110 valence electrons. The van der Waals surface area contributed by atoms with Gasteiger partial charge in [-0.3, -0.25) is 14.8 Å². The number of fused-ring (bicyclic) bond motifs is 1. The van der Waals surface area contributed by atoms with Crippen molar-refractivity contribution < 1.29 is 9.53 Å². The van der Waals surface area contributed by atoms with Gasteiger partial charge in [0.15, 0.2) is 0 Å². The molecule has 2 aliphatic rings. The van der Waals surface area contributed by atoms with Gasteiger partial charge in [0.25, 0.3) is 5.56 Å². The summed E-state index contributed by atoms with van der Waals surface area (Å²) in [6.07, 6.45) is 2.95. The highest BCUT2D eigenvalue weighted by Gasteiger charge is 2.33. The number of carbonyl (C=O) groups excluding carboxylic acids is 1. The molecule has 6 nitrogen and oxygen atoms in total. The lowest BCUT2D eigenvalue weighted by molar-refractivity contribution is 0.0238. The zero-order valence-corrected chi connectivity index (χ0v) is 12.2. The van der Waals surface area contributed by atoms with E-state index in [1.807, 2.05) is 20.8 Å². The first kappa shape index (κ1) is 13.3. The molecular weight excluding hydrogens is 258 g/mol. The maximum absolute atomic E-state index is 12.3. The Hall–Kier alpha value is -1.72. The molecule has 6 heteroatoms. The Balaban J connectivity index is 1.73. The Labute approximate surface area is 117 Å². The third kappa shape index (κ3) is 2.23. The van der Waals surface area contributed by atoms with Gasteiger partial charge in [0.1, 0.15) is 5.60 Å². The number of H-pyrrole nitrogens is 1. The smallest absolute Gasteiger partial charge is 0.410 e. The number of nitrogens with one attached hydrogen (secondary N) is 1. The van der Waals surface area contributed by atoms with Crippen molar-refractivity contribution in [2.45, 2.75) is 64.8 Å². The minimum atomic E-state index is -0.514. The minimum absolute atomic E-state index is 0.0239. The summed E-state index contributed by atoms with van der Waals surface area (Å²) in [5.74, 6) is 0. The molecule has 1 fully saturated rings. The zero-order chi connectivity index (χ0) is 14.5. The number of ether oxygens (including phenoxy) is 1. The van der Waals surface area contributed by atoms with E-state index in [0.29, 0.717) is 24.7 Å². The predicted molar refractivity (Wildman–Crippen MR) is 73.4 cm³/mol.